The Bertz CT molecular complexity index is 616. The molecule has 0 atom stereocenters. The lowest BCUT2D eigenvalue weighted by Crippen LogP contribution is -2.41. The van der Waals surface area contributed by atoms with E-state index < -0.39 is 18.3 Å². The number of nitrogens with zero attached hydrogens (tertiary/aromatic N) is 2. The van der Waals surface area contributed by atoms with Crippen LogP contribution < -0.4 is 5.32 Å². The lowest BCUT2D eigenvalue weighted by molar-refractivity contribution is -0.109. The summed E-state index contributed by atoms with van der Waals surface area (Å²) < 4.78 is 12.2. The van der Waals surface area contributed by atoms with E-state index in [1.54, 1.807) is 26.4 Å². The van der Waals surface area contributed by atoms with Gasteiger partial charge in [-0.1, -0.05) is 17.8 Å². The van der Waals surface area contributed by atoms with E-state index in [0.29, 0.717) is 11.7 Å². The molecular weight excluding hydrogens is 325 g/mol. The fourth-order valence-corrected chi connectivity index (χ4v) is 2.70. The molecule has 1 aromatic heterocycles. The fourth-order valence-electron chi connectivity index (χ4n) is 2.11. The molecule has 130 valence electrons. The van der Waals surface area contributed by atoms with Crippen molar-refractivity contribution in [2.75, 3.05) is 18.1 Å². The minimum absolute atomic E-state index is 0.0548. The van der Waals surface area contributed by atoms with Crippen LogP contribution in [0.2, 0.25) is 0 Å². The maximum Gasteiger partial charge on any atom is 0.491 e. The molecule has 0 radical (unpaired) electrons. The molecule has 1 fully saturated rings. The minimum atomic E-state index is -0.495. The molecule has 1 saturated heterocycles. The van der Waals surface area contributed by atoms with Gasteiger partial charge in [-0.2, -0.15) is 0 Å². The van der Waals surface area contributed by atoms with Crippen LogP contribution in [0.15, 0.2) is 17.9 Å². The first-order chi connectivity index (χ1) is 11.1. The molecule has 0 aliphatic carbocycles. The van der Waals surface area contributed by atoms with Gasteiger partial charge in [0.15, 0.2) is 5.12 Å². The van der Waals surface area contributed by atoms with Crippen molar-refractivity contribution in [3.63, 3.8) is 0 Å². The van der Waals surface area contributed by atoms with Gasteiger partial charge in [0, 0.05) is 37.7 Å². The molecule has 1 aromatic rings. The summed E-state index contributed by atoms with van der Waals surface area (Å²) in [6.07, 6.45) is 5.38. The van der Waals surface area contributed by atoms with Crippen LogP contribution in [0.1, 0.15) is 40.2 Å². The summed E-state index contributed by atoms with van der Waals surface area (Å²) in [7, 11) is 1.27. The van der Waals surface area contributed by atoms with Gasteiger partial charge in [0.25, 0.3) is 0 Å². The van der Waals surface area contributed by atoms with Crippen molar-refractivity contribution in [1.82, 2.24) is 9.97 Å². The van der Waals surface area contributed by atoms with Gasteiger partial charge in [0.2, 0.25) is 5.95 Å². The molecular formula is C16H24BN3O3S. The summed E-state index contributed by atoms with van der Waals surface area (Å²) >= 11 is 1.23. The van der Waals surface area contributed by atoms with Crippen LogP contribution in [0.4, 0.5) is 5.95 Å². The molecule has 24 heavy (non-hydrogen) atoms. The molecule has 1 N–H and O–H groups in total. The van der Waals surface area contributed by atoms with E-state index in [-0.39, 0.29) is 5.12 Å². The van der Waals surface area contributed by atoms with Crippen LogP contribution in [0, 0.1) is 0 Å². The number of thioether (sulfide) groups is 1. The monoisotopic (exact) mass is 349 g/mol. The zero-order valence-electron chi connectivity index (χ0n) is 15.0. The smallest absolute Gasteiger partial charge is 0.400 e. The zero-order chi connectivity index (χ0) is 18.0. The summed E-state index contributed by atoms with van der Waals surface area (Å²) in [5.41, 5.74) is 0.867. The highest BCUT2D eigenvalue weighted by molar-refractivity contribution is 8.13. The van der Waals surface area contributed by atoms with Crippen LogP contribution in [0.25, 0.3) is 6.08 Å². The van der Waals surface area contributed by atoms with Gasteiger partial charge in [-0.15, -0.1) is 0 Å². The number of rotatable bonds is 5. The maximum atomic E-state index is 11.4. The molecule has 0 aromatic carbocycles. The predicted octanol–water partition coefficient (Wildman–Crippen LogP) is 2.81. The fraction of sp³-hybridized carbons (Fsp3) is 0.562. The number of nitrogens with one attached hydrogen (secondary N) is 1. The Labute approximate surface area is 148 Å². The van der Waals surface area contributed by atoms with Crippen LogP contribution in [0.3, 0.4) is 0 Å². The van der Waals surface area contributed by atoms with Gasteiger partial charge < -0.3 is 14.6 Å². The Morgan fingerprint density at radius 3 is 2.25 bits per heavy atom. The summed E-state index contributed by atoms with van der Waals surface area (Å²) in [6.45, 7) is 9.58. The Hall–Kier alpha value is -1.38. The van der Waals surface area contributed by atoms with Gasteiger partial charge in [-0.05, 0) is 33.2 Å². The Kier molecular flexibility index (Phi) is 5.73. The van der Waals surface area contributed by atoms with Crippen molar-refractivity contribution >= 4 is 36.0 Å². The quantitative estimate of drug-likeness (QED) is 0.820. The molecule has 6 nitrogen and oxygen atoms in total. The lowest BCUT2D eigenvalue weighted by Gasteiger charge is -2.32. The summed E-state index contributed by atoms with van der Waals surface area (Å²) in [5.74, 6) is 1.06. The Morgan fingerprint density at radius 1 is 1.25 bits per heavy atom. The first-order valence-corrected chi connectivity index (χ1v) is 8.82. The first-order valence-electron chi connectivity index (χ1n) is 7.84. The molecule has 0 saturated carbocycles. The van der Waals surface area contributed by atoms with E-state index in [1.165, 1.54) is 11.8 Å². The number of anilines is 1. The largest absolute Gasteiger partial charge is 0.491 e. The molecule has 1 aliphatic rings. The second kappa shape index (κ2) is 7.25. The van der Waals surface area contributed by atoms with Gasteiger partial charge >= 0.3 is 7.12 Å². The van der Waals surface area contributed by atoms with Crippen molar-refractivity contribution in [2.24, 2.45) is 0 Å². The third-order valence-corrected chi connectivity index (χ3v) is 5.13. The summed E-state index contributed by atoms with van der Waals surface area (Å²) in [4.78, 5) is 19.8. The van der Waals surface area contributed by atoms with Crippen molar-refractivity contribution in [1.29, 1.82) is 0 Å². The molecule has 2 rings (SSSR count). The van der Waals surface area contributed by atoms with Crippen LogP contribution in [-0.4, -0.2) is 46.2 Å². The predicted molar refractivity (Wildman–Crippen MR) is 98.8 cm³/mol. The van der Waals surface area contributed by atoms with Crippen molar-refractivity contribution in [3.8, 4) is 0 Å². The van der Waals surface area contributed by atoms with Crippen LogP contribution in [-0.2, 0) is 14.1 Å². The van der Waals surface area contributed by atoms with E-state index in [0.717, 1.165) is 11.0 Å². The minimum Gasteiger partial charge on any atom is -0.400 e. The molecule has 0 unspecified atom stereocenters. The van der Waals surface area contributed by atoms with Gasteiger partial charge in [0.1, 0.15) is 0 Å². The molecule has 0 spiro atoms. The van der Waals surface area contributed by atoms with E-state index >= 15 is 0 Å². The standard InChI is InChI=1S/C16H24BN3O3S/c1-11(21)24-10-13(7-12-8-19-14(18-6)20-9-12)17-22-15(2,3)16(4,5)23-17/h7-9H,10H2,1-6H3,(H,18,19,20). The second-order valence-corrected chi connectivity index (χ2v) is 7.83. The molecule has 8 heteroatoms. The van der Waals surface area contributed by atoms with Crippen LogP contribution >= 0.6 is 11.8 Å². The van der Waals surface area contributed by atoms with Gasteiger partial charge in [0.05, 0.1) is 11.2 Å². The first kappa shape index (κ1) is 19.0. The molecule has 2 heterocycles. The zero-order valence-corrected chi connectivity index (χ0v) is 15.9. The maximum absolute atomic E-state index is 11.4. The van der Waals surface area contributed by atoms with Crippen molar-refractivity contribution in [2.45, 2.75) is 45.8 Å². The number of aromatic nitrogens is 2. The van der Waals surface area contributed by atoms with Crippen LogP contribution in [0.5, 0.6) is 0 Å². The SMILES string of the molecule is CNc1ncc(C=C(CSC(C)=O)B2OC(C)(C)C(C)(C)O2)cn1. The highest BCUT2D eigenvalue weighted by atomic mass is 32.2. The number of hydrogen-bond acceptors (Lipinski definition) is 7. The second-order valence-electron chi connectivity index (χ2n) is 6.68. The topological polar surface area (TPSA) is 73.3 Å². The lowest BCUT2D eigenvalue weighted by atomic mass is 9.78. The average molecular weight is 349 g/mol. The Morgan fingerprint density at radius 2 is 1.79 bits per heavy atom. The van der Waals surface area contributed by atoms with Crippen molar-refractivity contribution in [3.05, 3.63) is 23.4 Å². The number of carbonyl (C=O) groups is 1. The van der Waals surface area contributed by atoms with Crippen molar-refractivity contribution < 1.29 is 14.1 Å². The number of hydrogen-bond donors (Lipinski definition) is 1. The van der Waals surface area contributed by atoms with E-state index in [2.05, 4.69) is 15.3 Å². The summed E-state index contributed by atoms with van der Waals surface area (Å²) in [6, 6.07) is 0. The van der Waals surface area contributed by atoms with E-state index in [4.69, 9.17) is 9.31 Å². The normalized spacial score (nSPS) is 19.4. The third-order valence-electron chi connectivity index (χ3n) is 4.25. The summed E-state index contributed by atoms with van der Waals surface area (Å²) in [5, 5.41) is 2.94. The van der Waals surface area contributed by atoms with Gasteiger partial charge in [-0.3, -0.25) is 4.79 Å². The average Bonchev–Trinajstić information content (AvgIpc) is 2.72. The number of carbonyl (C=O) groups excluding carboxylic acids is 1. The molecule has 1 aliphatic heterocycles. The molecule has 0 bridgehead atoms. The van der Waals surface area contributed by atoms with Gasteiger partial charge in [-0.25, -0.2) is 9.97 Å². The third kappa shape index (κ3) is 4.37. The van der Waals surface area contributed by atoms with E-state index in [9.17, 15) is 4.79 Å². The highest BCUT2D eigenvalue weighted by Crippen LogP contribution is 2.39. The van der Waals surface area contributed by atoms with E-state index in [1.807, 2.05) is 33.8 Å². The molecule has 0 amide bonds. The Balaban J connectivity index is 2.27. The highest BCUT2D eigenvalue weighted by Gasteiger charge is 2.52.